The van der Waals surface area contributed by atoms with Gasteiger partial charge in [-0.25, -0.2) is 0 Å². The number of carbonyl (C=O) groups is 1. The molecular formula is C11H12ClNO. The zero-order valence-corrected chi connectivity index (χ0v) is 8.77. The Morgan fingerprint density at radius 3 is 2.93 bits per heavy atom. The summed E-state index contributed by atoms with van der Waals surface area (Å²) >= 11 is 6.08. The standard InChI is InChI=1S/C11H12ClNO/c1-7-2-3-10(12)9(4-7)8-5-11(14)13-6-8/h2-4,8H,5-6H2,1H3,(H,13,14). The molecule has 0 aromatic heterocycles. The van der Waals surface area contributed by atoms with Crippen LogP contribution in [0.15, 0.2) is 18.2 Å². The first-order chi connectivity index (χ1) is 6.66. The summed E-state index contributed by atoms with van der Waals surface area (Å²) in [5.41, 5.74) is 2.27. The molecule has 3 heteroatoms. The Bertz CT molecular complexity index is 376. The number of amides is 1. The lowest BCUT2D eigenvalue weighted by molar-refractivity contribution is -0.119. The van der Waals surface area contributed by atoms with Crippen LogP contribution in [0.5, 0.6) is 0 Å². The Kier molecular flexibility index (Phi) is 2.46. The van der Waals surface area contributed by atoms with Crippen molar-refractivity contribution < 1.29 is 4.79 Å². The lowest BCUT2D eigenvalue weighted by Gasteiger charge is -2.10. The lowest BCUT2D eigenvalue weighted by Crippen LogP contribution is -2.13. The van der Waals surface area contributed by atoms with E-state index in [2.05, 4.69) is 11.4 Å². The van der Waals surface area contributed by atoms with Crippen LogP contribution in [-0.2, 0) is 4.79 Å². The molecule has 74 valence electrons. The van der Waals surface area contributed by atoms with Crippen LogP contribution < -0.4 is 5.32 Å². The number of aryl methyl sites for hydroxylation is 1. The maximum Gasteiger partial charge on any atom is 0.220 e. The van der Waals surface area contributed by atoms with Crippen LogP contribution in [0.25, 0.3) is 0 Å². The van der Waals surface area contributed by atoms with Gasteiger partial charge >= 0.3 is 0 Å². The molecule has 14 heavy (non-hydrogen) atoms. The third-order valence-corrected chi connectivity index (χ3v) is 2.91. The number of nitrogens with one attached hydrogen (secondary N) is 1. The third-order valence-electron chi connectivity index (χ3n) is 2.57. The van der Waals surface area contributed by atoms with E-state index in [4.69, 9.17) is 11.6 Å². The van der Waals surface area contributed by atoms with Crippen molar-refractivity contribution >= 4 is 17.5 Å². The zero-order valence-electron chi connectivity index (χ0n) is 8.01. The molecule has 1 N–H and O–H groups in total. The summed E-state index contributed by atoms with van der Waals surface area (Å²) in [7, 11) is 0. The average molecular weight is 210 g/mol. The minimum absolute atomic E-state index is 0.118. The van der Waals surface area contributed by atoms with Gasteiger partial charge in [0, 0.05) is 23.9 Å². The first-order valence-corrected chi connectivity index (χ1v) is 5.07. The summed E-state index contributed by atoms with van der Waals surface area (Å²) in [5, 5.41) is 3.58. The third kappa shape index (κ3) is 1.75. The number of halogens is 1. The van der Waals surface area contributed by atoms with Crippen molar-refractivity contribution in [1.29, 1.82) is 0 Å². The molecule has 0 saturated carbocycles. The first-order valence-electron chi connectivity index (χ1n) is 4.69. The molecule has 1 aromatic carbocycles. The number of hydrogen-bond acceptors (Lipinski definition) is 1. The molecule has 1 aliphatic heterocycles. The van der Waals surface area contributed by atoms with Gasteiger partial charge in [-0.1, -0.05) is 29.3 Å². The van der Waals surface area contributed by atoms with E-state index in [9.17, 15) is 4.79 Å². The molecule has 1 unspecified atom stereocenters. The molecule has 0 radical (unpaired) electrons. The fourth-order valence-corrected chi connectivity index (χ4v) is 2.07. The normalized spacial score (nSPS) is 21.0. The molecule has 0 aliphatic carbocycles. The second-order valence-electron chi connectivity index (χ2n) is 3.73. The van der Waals surface area contributed by atoms with Crippen LogP contribution in [-0.4, -0.2) is 12.5 Å². The predicted molar refractivity (Wildman–Crippen MR) is 56.6 cm³/mol. The van der Waals surface area contributed by atoms with Crippen molar-refractivity contribution in [1.82, 2.24) is 5.32 Å². The molecule has 1 amide bonds. The summed E-state index contributed by atoms with van der Waals surface area (Å²) < 4.78 is 0. The van der Waals surface area contributed by atoms with Crippen molar-refractivity contribution in [3.8, 4) is 0 Å². The van der Waals surface area contributed by atoms with E-state index >= 15 is 0 Å². The van der Waals surface area contributed by atoms with Gasteiger partial charge < -0.3 is 5.32 Å². The van der Waals surface area contributed by atoms with Gasteiger partial charge in [0.1, 0.15) is 0 Å². The quantitative estimate of drug-likeness (QED) is 0.755. The fourth-order valence-electron chi connectivity index (χ4n) is 1.80. The van der Waals surface area contributed by atoms with Gasteiger partial charge in [0.2, 0.25) is 5.91 Å². The Balaban J connectivity index is 2.31. The van der Waals surface area contributed by atoms with E-state index in [0.29, 0.717) is 13.0 Å². The van der Waals surface area contributed by atoms with Crippen molar-refractivity contribution in [3.63, 3.8) is 0 Å². The van der Waals surface area contributed by atoms with Crippen LogP contribution >= 0.6 is 11.6 Å². The lowest BCUT2D eigenvalue weighted by atomic mass is 9.97. The molecule has 1 fully saturated rings. The Morgan fingerprint density at radius 2 is 2.29 bits per heavy atom. The molecule has 1 aromatic rings. The summed E-state index contributed by atoms with van der Waals surface area (Å²) in [5.74, 6) is 0.363. The predicted octanol–water partition coefficient (Wildman–Crippen LogP) is 2.25. The number of hydrogen-bond donors (Lipinski definition) is 1. The van der Waals surface area contributed by atoms with Crippen LogP contribution in [0, 0.1) is 6.92 Å². The maximum atomic E-state index is 11.1. The summed E-state index contributed by atoms with van der Waals surface area (Å²) in [6.45, 7) is 2.74. The first kappa shape index (κ1) is 9.53. The Labute approximate surface area is 88.3 Å². The second kappa shape index (κ2) is 3.62. The highest BCUT2D eigenvalue weighted by molar-refractivity contribution is 6.31. The molecule has 1 heterocycles. The van der Waals surface area contributed by atoms with Crippen LogP contribution in [0.3, 0.4) is 0 Å². The van der Waals surface area contributed by atoms with Crippen molar-refractivity contribution in [2.24, 2.45) is 0 Å². The zero-order chi connectivity index (χ0) is 10.1. The van der Waals surface area contributed by atoms with Gasteiger partial charge in [-0.15, -0.1) is 0 Å². The summed E-state index contributed by atoms with van der Waals surface area (Å²) in [6.07, 6.45) is 0.559. The van der Waals surface area contributed by atoms with Gasteiger partial charge in [0.05, 0.1) is 0 Å². The molecule has 0 spiro atoms. The van der Waals surface area contributed by atoms with Crippen LogP contribution in [0.1, 0.15) is 23.5 Å². The van der Waals surface area contributed by atoms with E-state index in [1.165, 1.54) is 5.56 Å². The number of rotatable bonds is 1. The Morgan fingerprint density at radius 1 is 1.50 bits per heavy atom. The van der Waals surface area contributed by atoms with Crippen LogP contribution in [0.2, 0.25) is 5.02 Å². The molecular weight excluding hydrogens is 198 g/mol. The highest BCUT2D eigenvalue weighted by Crippen LogP contribution is 2.29. The van der Waals surface area contributed by atoms with Gasteiger partial charge in [0.25, 0.3) is 0 Å². The summed E-state index contributed by atoms with van der Waals surface area (Å²) in [6, 6.07) is 5.94. The molecule has 2 nitrogen and oxygen atoms in total. The molecule has 1 aliphatic rings. The smallest absolute Gasteiger partial charge is 0.220 e. The molecule has 1 saturated heterocycles. The minimum atomic E-state index is 0.118. The monoisotopic (exact) mass is 209 g/mol. The van der Waals surface area contributed by atoms with Gasteiger partial charge in [0.15, 0.2) is 0 Å². The van der Waals surface area contributed by atoms with Gasteiger partial charge in [-0.3, -0.25) is 4.79 Å². The number of carbonyl (C=O) groups excluding carboxylic acids is 1. The van der Waals surface area contributed by atoms with E-state index in [-0.39, 0.29) is 11.8 Å². The fraction of sp³-hybridized carbons (Fsp3) is 0.364. The second-order valence-corrected chi connectivity index (χ2v) is 4.14. The number of benzene rings is 1. The van der Waals surface area contributed by atoms with Crippen molar-refractivity contribution in [3.05, 3.63) is 34.3 Å². The highest BCUT2D eigenvalue weighted by atomic mass is 35.5. The van der Waals surface area contributed by atoms with Crippen molar-refractivity contribution in [2.75, 3.05) is 6.54 Å². The van der Waals surface area contributed by atoms with E-state index in [1.807, 2.05) is 19.1 Å². The van der Waals surface area contributed by atoms with Gasteiger partial charge in [-0.2, -0.15) is 0 Å². The van der Waals surface area contributed by atoms with Gasteiger partial charge in [-0.05, 0) is 18.6 Å². The molecule has 2 rings (SSSR count). The minimum Gasteiger partial charge on any atom is -0.355 e. The summed E-state index contributed by atoms with van der Waals surface area (Å²) in [4.78, 5) is 11.1. The van der Waals surface area contributed by atoms with E-state index in [0.717, 1.165) is 10.6 Å². The average Bonchev–Trinajstić information content (AvgIpc) is 2.56. The largest absolute Gasteiger partial charge is 0.355 e. The van der Waals surface area contributed by atoms with E-state index < -0.39 is 0 Å². The Hall–Kier alpha value is -1.02. The van der Waals surface area contributed by atoms with Crippen molar-refractivity contribution in [2.45, 2.75) is 19.3 Å². The van der Waals surface area contributed by atoms with E-state index in [1.54, 1.807) is 0 Å². The maximum absolute atomic E-state index is 11.1. The van der Waals surface area contributed by atoms with Crippen LogP contribution in [0.4, 0.5) is 0 Å². The molecule has 1 atom stereocenters. The topological polar surface area (TPSA) is 29.1 Å². The SMILES string of the molecule is Cc1ccc(Cl)c(C2CNC(=O)C2)c1. The molecule has 0 bridgehead atoms. The highest BCUT2D eigenvalue weighted by Gasteiger charge is 2.24.